The molecule has 1 heterocycles. The van der Waals surface area contributed by atoms with Crippen LogP contribution in [0, 0.1) is 0 Å². The van der Waals surface area contributed by atoms with E-state index in [1.165, 1.54) is 17.3 Å². The second kappa shape index (κ2) is 10.8. The van der Waals surface area contributed by atoms with E-state index >= 15 is 0 Å². The summed E-state index contributed by atoms with van der Waals surface area (Å²) in [6.45, 7) is 7.14. The van der Waals surface area contributed by atoms with Crippen molar-refractivity contribution in [3.8, 4) is 11.4 Å². The molecule has 0 spiro atoms. The Kier molecular flexibility index (Phi) is 7.55. The summed E-state index contributed by atoms with van der Waals surface area (Å²) in [6, 6.07) is 25.0. The highest BCUT2D eigenvalue weighted by Crippen LogP contribution is 2.28. The lowest BCUT2D eigenvalue weighted by Crippen LogP contribution is -2.15. The number of primary amides is 1. The van der Waals surface area contributed by atoms with Gasteiger partial charge >= 0.3 is 0 Å². The fraction of sp³-hybridized carbons (Fsp3) is 0.214. The minimum absolute atomic E-state index is 0.0603. The predicted molar refractivity (Wildman–Crippen MR) is 144 cm³/mol. The summed E-state index contributed by atoms with van der Waals surface area (Å²) < 4.78 is 2.04. The molecule has 0 saturated carbocycles. The van der Waals surface area contributed by atoms with Gasteiger partial charge in [-0.2, -0.15) is 0 Å². The van der Waals surface area contributed by atoms with Gasteiger partial charge in [-0.25, -0.2) is 0 Å². The summed E-state index contributed by atoms with van der Waals surface area (Å²) in [5.74, 6) is 0.222. The van der Waals surface area contributed by atoms with Gasteiger partial charge in [-0.1, -0.05) is 87.1 Å². The molecule has 36 heavy (non-hydrogen) atoms. The number of hydrogen-bond donors (Lipinski definition) is 2. The molecule has 0 unspecified atom stereocenters. The van der Waals surface area contributed by atoms with E-state index in [0.29, 0.717) is 23.0 Å². The van der Waals surface area contributed by atoms with Crippen molar-refractivity contribution in [3.05, 3.63) is 95.6 Å². The Bertz CT molecular complexity index is 1340. The van der Waals surface area contributed by atoms with E-state index in [1.807, 2.05) is 22.8 Å². The number of nitrogens with two attached hydrogens (primary N) is 1. The van der Waals surface area contributed by atoms with E-state index in [9.17, 15) is 9.59 Å². The molecule has 7 nitrogen and oxygen atoms in total. The number of carbonyl (C=O) groups is 2. The van der Waals surface area contributed by atoms with Gasteiger partial charge in [0.1, 0.15) is 0 Å². The van der Waals surface area contributed by atoms with Crippen molar-refractivity contribution in [2.24, 2.45) is 5.73 Å². The molecular weight excluding hydrogens is 470 g/mol. The van der Waals surface area contributed by atoms with Crippen molar-refractivity contribution >= 4 is 29.3 Å². The van der Waals surface area contributed by atoms with Gasteiger partial charge in [-0.3, -0.25) is 14.2 Å². The zero-order valence-electron chi connectivity index (χ0n) is 20.6. The van der Waals surface area contributed by atoms with Crippen LogP contribution in [-0.4, -0.2) is 32.3 Å². The van der Waals surface area contributed by atoms with Gasteiger partial charge in [0, 0.05) is 16.8 Å². The molecule has 0 radical (unpaired) electrons. The van der Waals surface area contributed by atoms with Crippen LogP contribution in [0.1, 0.15) is 42.3 Å². The van der Waals surface area contributed by atoms with Crippen LogP contribution in [0.2, 0.25) is 0 Å². The molecule has 0 bridgehead atoms. The standard InChI is InChI=1S/C28H29N5O2S/c1-28(2,3)22-13-9-21(10-14-22)26-31-32-27(33(26)17-19-7-5-4-6-8-19)36-18-24(34)30-23-15-11-20(12-16-23)25(29)35/h4-16H,17-18H2,1-3H3,(H2,29,35)(H,30,34). The zero-order valence-corrected chi connectivity index (χ0v) is 21.4. The highest BCUT2D eigenvalue weighted by atomic mass is 32.2. The maximum atomic E-state index is 12.6. The predicted octanol–water partition coefficient (Wildman–Crippen LogP) is 5.12. The number of benzene rings is 3. The second-order valence-electron chi connectivity index (χ2n) is 9.48. The van der Waals surface area contributed by atoms with Crippen LogP contribution in [0.3, 0.4) is 0 Å². The number of nitrogens with zero attached hydrogens (tertiary/aromatic N) is 3. The van der Waals surface area contributed by atoms with Crippen molar-refractivity contribution in [3.63, 3.8) is 0 Å². The average molecular weight is 500 g/mol. The lowest BCUT2D eigenvalue weighted by molar-refractivity contribution is -0.113. The first-order valence-corrected chi connectivity index (χ1v) is 12.6. The third-order valence-electron chi connectivity index (χ3n) is 5.70. The van der Waals surface area contributed by atoms with Gasteiger partial charge in [0.15, 0.2) is 11.0 Å². The Hall–Kier alpha value is -3.91. The molecule has 8 heteroatoms. The summed E-state index contributed by atoms with van der Waals surface area (Å²) >= 11 is 1.33. The van der Waals surface area contributed by atoms with E-state index in [0.717, 1.165) is 17.0 Å². The van der Waals surface area contributed by atoms with E-state index in [1.54, 1.807) is 24.3 Å². The van der Waals surface area contributed by atoms with Crippen molar-refractivity contribution in [2.45, 2.75) is 37.9 Å². The quantitative estimate of drug-likeness (QED) is 0.328. The molecule has 4 rings (SSSR count). The van der Waals surface area contributed by atoms with Crippen LogP contribution in [0.15, 0.2) is 84.0 Å². The van der Waals surface area contributed by atoms with Gasteiger partial charge in [0.05, 0.1) is 12.3 Å². The number of rotatable bonds is 8. The maximum Gasteiger partial charge on any atom is 0.248 e. The molecule has 4 aromatic rings. The van der Waals surface area contributed by atoms with Gasteiger partial charge < -0.3 is 11.1 Å². The van der Waals surface area contributed by atoms with Crippen LogP contribution in [0.5, 0.6) is 0 Å². The Balaban J connectivity index is 1.53. The van der Waals surface area contributed by atoms with Crippen molar-refractivity contribution in [2.75, 3.05) is 11.1 Å². The summed E-state index contributed by atoms with van der Waals surface area (Å²) in [5.41, 5.74) is 9.65. The lowest BCUT2D eigenvalue weighted by atomic mass is 9.87. The molecule has 0 aliphatic carbocycles. The Morgan fingerprint density at radius 1 is 0.917 bits per heavy atom. The minimum Gasteiger partial charge on any atom is -0.366 e. The normalized spacial score (nSPS) is 11.3. The molecule has 184 valence electrons. The van der Waals surface area contributed by atoms with Crippen LogP contribution in [0.25, 0.3) is 11.4 Å². The first-order valence-electron chi connectivity index (χ1n) is 11.6. The molecule has 1 aromatic heterocycles. The molecular formula is C28H29N5O2S. The molecule has 3 N–H and O–H groups in total. The number of anilines is 1. The molecule has 0 atom stereocenters. The SMILES string of the molecule is CC(C)(C)c1ccc(-c2nnc(SCC(=O)Nc3ccc(C(N)=O)cc3)n2Cc2ccccc2)cc1. The smallest absolute Gasteiger partial charge is 0.248 e. The Morgan fingerprint density at radius 3 is 2.19 bits per heavy atom. The number of carbonyl (C=O) groups excluding carboxylic acids is 2. The summed E-state index contributed by atoms with van der Waals surface area (Å²) in [5, 5.41) is 12.4. The van der Waals surface area contributed by atoms with Crippen molar-refractivity contribution in [1.82, 2.24) is 14.8 Å². The zero-order chi connectivity index (χ0) is 25.7. The molecule has 0 aliphatic rings. The summed E-state index contributed by atoms with van der Waals surface area (Å²) in [6.07, 6.45) is 0. The first kappa shape index (κ1) is 25.2. The average Bonchev–Trinajstić information content (AvgIpc) is 3.25. The van der Waals surface area contributed by atoms with Crippen LogP contribution >= 0.6 is 11.8 Å². The van der Waals surface area contributed by atoms with E-state index in [4.69, 9.17) is 5.73 Å². The highest BCUT2D eigenvalue weighted by molar-refractivity contribution is 7.99. The van der Waals surface area contributed by atoms with E-state index in [-0.39, 0.29) is 17.1 Å². The first-order chi connectivity index (χ1) is 17.2. The maximum absolute atomic E-state index is 12.6. The van der Waals surface area contributed by atoms with Gasteiger partial charge in [0.2, 0.25) is 11.8 Å². The fourth-order valence-corrected chi connectivity index (χ4v) is 4.42. The number of amides is 2. The lowest BCUT2D eigenvalue weighted by Gasteiger charge is -2.19. The minimum atomic E-state index is -0.509. The van der Waals surface area contributed by atoms with Crippen LogP contribution < -0.4 is 11.1 Å². The van der Waals surface area contributed by atoms with E-state index in [2.05, 4.69) is 72.7 Å². The highest BCUT2D eigenvalue weighted by Gasteiger charge is 2.18. The third kappa shape index (κ3) is 6.20. The largest absolute Gasteiger partial charge is 0.366 e. The molecule has 0 aliphatic heterocycles. The van der Waals surface area contributed by atoms with Crippen molar-refractivity contribution in [1.29, 1.82) is 0 Å². The second-order valence-corrected chi connectivity index (χ2v) is 10.4. The Labute approximate surface area is 215 Å². The number of nitrogens with one attached hydrogen (secondary N) is 1. The number of thioether (sulfide) groups is 1. The summed E-state index contributed by atoms with van der Waals surface area (Å²) in [7, 11) is 0. The molecule has 2 amide bonds. The van der Waals surface area contributed by atoms with Gasteiger partial charge in [-0.05, 0) is 40.8 Å². The fourth-order valence-electron chi connectivity index (χ4n) is 3.68. The van der Waals surface area contributed by atoms with Gasteiger partial charge in [0.25, 0.3) is 0 Å². The monoisotopic (exact) mass is 499 g/mol. The molecule has 3 aromatic carbocycles. The van der Waals surface area contributed by atoms with E-state index < -0.39 is 5.91 Å². The number of hydrogen-bond acceptors (Lipinski definition) is 5. The van der Waals surface area contributed by atoms with Crippen molar-refractivity contribution < 1.29 is 9.59 Å². The third-order valence-corrected chi connectivity index (χ3v) is 6.66. The van der Waals surface area contributed by atoms with Crippen LogP contribution in [-0.2, 0) is 16.8 Å². The topological polar surface area (TPSA) is 103 Å². The van der Waals surface area contributed by atoms with Gasteiger partial charge in [-0.15, -0.1) is 10.2 Å². The number of aromatic nitrogens is 3. The molecule has 0 fully saturated rings. The Morgan fingerprint density at radius 2 is 1.58 bits per heavy atom. The molecule has 0 saturated heterocycles. The summed E-state index contributed by atoms with van der Waals surface area (Å²) in [4.78, 5) is 23.8. The van der Waals surface area contributed by atoms with Crippen LogP contribution in [0.4, 0.5) is 5.69 Å².